The van der Waals surface area contributed by atoms with Crippen molar-refractivity contribution in [1.29, 1.82) is 0 Å². The van der Waals surface area contributed by atoms with Crippen LogP contribution in [0.1, 0.15) is 40.5 Å². The summed E-state index contributed by atoms with van der Waals surface area (Å²) in [6.07, 6.45) is 3.71. The number of rotatable bonds is 0. The maximum absolute atomic E-state index is 11.9. The monoisotopic (exact) mass is 234 g/mol. The molecule has 2 fully saturated rings. The molecule has 0 bridgehead atoms. The highest BCUT2D eigenvalue weighted by atomic mass is 16.3. The van der Waals surface area contributed by atoms with Crippen molar-refractivity contribution in [1.82, 2.24) is 0 Å². The fraction of sp³-hybridized carbons (Fsp3) is 0.800. The van der Waals surface area contributed by atoms with Crippen molar-refractivity contribution in [3.05, 3.63) is 11.6 Å². The van der Waals surface area contributed by atoms with Crippen LogP contribution < -0.4 is 0 Å². The van der Waals surface area contributed by atoms with E-state index in [0.717, 1.165) is 12.8 Å². The minimum absolute atomic E-state index is 0.00916. The summed E-state index contributed by atoms with van der Waals surface area (Å²) in [6, 6.07) is 0. The third-order valence-electron chi connectivity index (χ3n) is 5.95. The zero-order chi connectivity index (χ0) is 12.6. The van der Waals surface area contributed by atoms with Crippen molar-refractivity contribution in [2.75, 3.05) is 0 Å². The van der Waals surface area contributed by atoms with Crippen molar-refractivity contribution in [2.45, 2.75) is 46.6 Å². The van der Waals surface area contributed by atoms with Crippen LogP contribution in [0.2, 0.25) is 0 Å². The van der Waals surface area contributed by atoms with Crippen LogP contribution in [0.5, 0.6) is 0 Å². The second-order valence-electron chi connectivity index (χ2n) is 7.20. The number of fused-ring (bicyclic) bond motifs is 3. The minimum Gasteiger partial charge on any atom is -0.392 e. The number of allylic oxidation sites excluding steroid dienone is 2. The predicted octanol–water partition coefficient (Wildman–Crippen LogP) is 2.56. The fourth-order valence-corrected chi connectivity index (χ4v) is 4.77. The van der Waals surface area contributed by atoms with E-state index in [9.17, 15) is 9.90 Å². The lowest BCUT2D eigenvalue weighted by Crippen LogP contribution is -2.40. The molecule has 3 aliphatic rings. The first-order chi connectivity index (χ1) is 7.78. The Bertz CT molecular complexity index is 421. The Morgan fingerprint density at radius 3 is 2.65 bits per heavy atom. The molecule has 2 nitrogen and oxygen atoms in total. The summed E-state index contributed by atoms with van der Waals surface area (Å²) in [5, 5.41) is 10.6. The molecule has 0 aromatic rings. The Hall–Kier alpha value is -0.630. The van der Waals surface area contributed by atoms with Crippen LogP contribution >= 0.6 is 0 Å². The molecule has 5 atom stereocenters. The smallest absolute Gasteiger partial charge is 0.159 e. The molecule has 0 heterocycles. The van der Waals surface area contributed by atoms with E-state index in [1.54, 1.807) is 0 Å². The van der Waals surface area contributed by atoms with Crippen molar-refractivity contribution < 1.29 is 9.90 Å². The highest BCUT2D eigenvalue weighted by Crippen LogP contribution is 2.66. The fourth-order valence-electron chi connectivity index (χ4n) is 4.77. The standard InChI is InChI=1S/C15H22O2/c1-8-11(16)6-10-5-9-7-14(2,3)13(17)12(9)15(8,10)4/h6,8-9,12-13,17H,5,7H2,1-4H3/t8-,9-,12-,13+,15+/m0/s1. The lowest BCUT2D eigenvalue weighted by molar-refractivity contribution is -0.120. The number of hydrogen-bond donors (Lipinski definition) is 1. The van der Waals surface area contributed by atoms with Crippen LogP contribution in [0.3, 0.4) is 0 Å². The van der Waals surface area contributed by atoms with Crippen molar-refractivity contribution >= 4 is 5.78 Å². The zero-order valence-corrected chi connectivity index (χ0v) is 11.2. The molecular formula is C15H22O2. The number of hydrogen-bond acceptors (Lipinski definition) is 2. The van der Waals surface area contributed by atoms with E-state index >= 15 is 0 Å². The minimum atomic E-state index is -0.267. The van der Waals surface area contributed by atoms with Crippen molar-refractivity contribution in [3.8, 4) is 0 Å². The Morgan fingerprint density at radius 1 is 1.35 bits per heavy atom. The van der Waals surface area contributed by atoms with E-state index < -0.39 is 0 Å². The van der Waals surface area contributed by atoms with Gasteiger partial charge in [0.15, 0.2) is 5.78 Å². The van der Waals surface area contributed by atoms with Crippen molar-refractivity contribution in [2.24, 2.45) is 28.6 Å². The summed E-state index contributed by atoms with van der Waals surface area (Å²) in [6.45, 7) is 8.55. The highest BCUT2D eigenvalue weighted by molar-refractivity contribution is 5.96. The molecule has 0 amide bonds. The van der Waals surface area contributed by atoms with E-state index in [4.69, 9.17) is 0 Å². The Labute approximate surface area is 103 Å². The zero-order valence-electron chi connectivity index (χ0n) is 11.2. The molecule has 94 valence electrons. The molecule has 0 unspecified atom stereocenters. The molecule has 0 saturated heterocycles. The van der Waals surface area contributed by atoms with Gasteiger partial charge in [0.25, 0.3) is 0 Å². The van der Waals surface area contributed by atoms with Gasteiger partial charge in [-0.1, -0.05) is 33.3 Å². The van der Waals surface area contributed by atoms with Crippen LogP contribution in [0.15, 0.2) is 11.6 Å². The number of aliphatic hydroxyl groups is 1. The van der Waals surface area contributed by atoms with Gasteiger partial charge in [-0.15, -0.1) is 0 Å². The average molecular weight is 234 g/mol. The molecule has 0 radical (unpaired) electrons. The van der Waals surface area contributed by atoms with Gasteiger partial charge in [-0.3, -0.25) is 4.79 Å². The second kappa shape index (κ2) is 3.03. The van der Waals surface area contributed by atoms with Crippen LogP contribution in [0, 0.1) is 28.6 Å². The number of carbonyl (C=O) groups excluding carboxylic acids is 1. The quantitative estimate of drug-likeness (QED) is 0.699. The van der Waals surface area contributed by atoms with Gasteiger partial charge >= 0.3 is 0 Å². The average Bonchev–Trinajstić information content (AvgIpc) is 2.68. The van der Waals surface area contributed by atoms with Crippen LogP contribution in [-0.4, -0.2) is 17.0 Å². The maximum Gasteiger partial charge on any atom is 0.159 e. The van der Waals surface area contributed by atoms with Gasteiger partial charge in [0.2, 0.25) is 0 Å². The molecule has 0 aromatic carbocycles. The third-order valence-corrected chi connectivity index (χ3v) is 5.95. The molecule has 17 heavy (non-hydrogen) atoms. The Morgan fingerprint density at radius 2 is 2.00 bits per heavy atom. The molecule has 3 rings (SSSR count). The summed E-state index contributed by atoms with van der Waals surface area (Å²) >= 11 is 0. The molecule has 2 saturated carbocycles. The van der Waals surface area contributed by atoms with E-state index in [-0.39, 0.29) is 34.6 Å². The maximum atomic E-state index is 11.9. The third kappa shape index (κ3) is 1.17. The van der Waals surface area contributed by atoms with E-state index in [1.165, 1.54) is 5.57 Å². The van der Waals surface area contributed by atoms with Gasteiger partial charge < -0.3 is 5.11 Å². The summed E-state index contributed by atoms with van der Waals surface area (Å²) in [5.74, 6) is 1.17. The number of carbonyl (C=O) groups is 1. The lowest BCUT2D eigenvalue weighted by atomic mass is 9.67. The summed E-state index contributed by atoms with van der Waals surface area (Å²) < 4.78 is 0. The van der Waals surface area contributed by atoms with Gasteiger partial charge in [0.05, 0.1) is 6.10 Å². The normalized spacial score (nSPS) is 51.4. The van der Waals surface area contributed by atoms with Gasteiger partial charge in [0, 0.05) is 11.3 Å². The first-order valence-electron chi connectivity index (χ1n) is 6.71. The van der Waals surface area contributed by atoms with Crippen LogP contribution in [0.25, 0.3) is 0 Å². The van der Waals surface area contributed by atoms with E-state index in [1.807, 2.05) is 13.0 Å². The van der Waals surface area contributed by atoms with Gasteiger partial charge in [0.1, 0.15) is 0 Å². The molecule has 0 aliphatic heterocycles. The van der Waals surface area contributed by atoms with Gasteiger partial charge in [-0.2, -0.15) is 0 Å². The molecule has 0 spiro atoms. The van der Waals surface area contributed by atoms with Crippen molar-refractivity contribution in [3.63, 3.8) is 0 Å². The van der Waals surface area contributed by atoms with Crippen LogP contribution in [0.4, 0.5) is 0 Å². The summed E-state index contributed by atoms with van der Waals surface area (Å²) in [5.41, 5.74) is 1.24. The molecular weight excluding hydrogens is 212 g/mol. The summed E-state index contributed by atoms with van der Waals surface area (Å²) in [4.78, 5) is 11.9. The number of aliphatic hydroxyl groups excluding tert-OH is 1. The molecule has 3 aliphatic carbocycles. The van der Waals surface area contributed by atoms with Gasteiger partial charge in [-0.05, 0) is 36.2 Å². The molecule has 2 heteroatoms. The van der Waals surface area contributed by atoms with Gasteiger partial charge in [-0.25, -0.2) is 0 Å². The first kappa shape index (κ1) is 11.5. The SMILES string of the molecule is C[C@H]1C(=O)C=C2C[C@H]3CC(C)(C)[C@H](O)[C@H]3[C@@]21C. The topological polar surface area (TPSA) is 37.3 Å². The largest absolute Gasteiger partial charge is 0.392 e. The Kier molecular flexibility index (Phi) is 2.04. The van der Waals surface area contributed by atoms with Crippen LogP contribution in [-0.2, 0) is 4.79 Å². The summed E-state index contributed by atoms with van der Waals surface area (Å²) in [7, 11) is 0. The predicted molar refractivity (Wildman–Crippen MR) is 66.4 cm³/mol. The lowest BCUT2D eigenvalue weighted by Gasteiger charge is -2.38. The molecule has 1 N–H and O–H groups in total. The number of ketones is 1. The van der Waals surface area contributed by atoms with E-state index in [2.05, 4.69) is 20.8 Å². The first-order valence-corrected chi connectivity index (χ1v) is 6.71. The second-order valence-corrected chi connectivity index (χ2v) is 7.20. The Balaban J connectivity index is 2.06. The molecule has 0 aromatic heterocycles. The highest BCUT2D eigenvalue weighted by Gasteiger charge is 2.63. The van der Waals surface area contributed by atoms with E-state index in [0.29, 0.717) is 5.92 Å².